The van der Waals surface area contributed by atoms with E-state index in [4.69, 9.17) is 11.8 Å². The van der Waals surface area contributed by atoms with E-state index >= 15 is 0 Å². The van der Waals surface area contributed by atoms with Crippen LogP contribution in [-0.2, 0) is 0 Å². The molecular formula is C34H24N2. The van der Waals surface area contributed by atoms with Crippen molar-refractivity contribution in [2.45, 2.75) is 6.92 Å². The lowest BCUT2D eigenvalue weighted by atomic mass is 9.85. The average molecular weight is 466 g/mol. The zero-order valence-corrected chi connectivity index (χ0v) is 19.6. The minimum Gasteiger partial charge on any atom is -0.296 e. The molecule has 0 aliphatic rings. The molecule has 36 heavy (non-hydrogen) atoms. The molecule has 0 amide bonds. The summed E-state index contributed by atoms with van der Waals surface area (Å²) in [5, 5.41) is 3.51. The van der Waals surface area contributed by atoms with E-state index in [1.165, 1.54) is 0 Å². The van der Waals surface area contributed by atoms with Crippen molar-refractivity contribution in [1.29, 1.82) is 0 Å². The van der Waals surface area contributed by atoms with Crippen LogP contribution < -0.4 is 0 Å². The molecule has 2 nitrogen and oxygen atoms in total. The monoisotopic (exact) mass is 465 g/mol. The van der Waals surface area contributed by atoms with Crippen LogP contribution in [-0.4, -0.2) is 9.55 Å². The number of hydrogen-bond acceptors (Lipinski definition) is 1. The lowest BCUT2D eigenvalue weighted by molar-refractivity contribution is 1.00. The van der Waals surface area contributed by atoms with E-state index in [0.29, 0.717) is 5.56 Å². The Kier molecular flexibility index (Phi) is 3.67. The SMILES string of the molecule is [2H]c1c([2H])c([2H])c(-c2c3ccccc3c(-c3ccccc3-n3c(C)nc4ccccc43)c3ccccc23)c([2H])c1[2H]. The number of nitrogens with zero attached hydrogens (tertiary/aromatic N) is 2. The normalized spacial score (nSPS) is 13.4. The second-order valence-corrected chi connectivity index (χ2v) is 8.84. The summed E-state index contributed by atoms with van der Waals surface area (Å²) < 4.78 is 44.6. The zero-order chi connectivity index (χ0) is 28.4. The van der Waals surface area contributed by atoms with Crippen molar-refractivity contribution in [2.75, 3.05) is 0 Å². The molecule has 0 aliphatic heterocycles. The molecule has 0 spiro atoms. The van der Waals surface area contributed by atoms with Crippen LogP contribution in [0.25, 0.3) is 60.5 Å². The quantitative estimate of drug-likeness (QED) is 0.238. The summed E-state index contributed by atoms with van der Waals surface area (Å²) >= 11 is 0. The standard InChI is InChI=1S/C34H24N2/c1-23-35-30-20-10-12-22-32(30)36(23)31-21-11-9-19-29(31)34-27-17-7-5-15-25(27)33(24-13-3-2-4-14-24)26-16-6-8-18-28(26)34/h2-22H,1H3/i2D,3D,4D,13D,14D. The Morgan fingerprint density at radius 2 is 1.17 bits per heavy atom. The highest BCUT2D eigenvalue weighted by atomic mass is 15.1. The topological polar surface area (TPSA) is 17.8 Å². The third-order valence-electron chi connectivity index (χ3n) is 6.82. The lowest BCUT2D eigenvalue weighted by Gasteiger charge is -2.20. The summed E-state index contributed by atoms with van der Waals surface area (Å²) in [6, 6.07) is 30.7. The second kappa shape index (κ2) is 8.21. The van der Waals surface area contributed by atoms with Crippen molar-refractivity contribution in [3.8, 4) is 27.9 Å². The van der Waals surface area contributed by atoms with Crippen molar-refractivity contribution < 1.29 is 6.85 Å². The smallest absolute Gasteiger partial charge is 0.111 e. The van der Waals surface area contributed by atoms with Crippen LogP contribution in [0.3, 0.4) is 0 Å². The number of hydrogen-bond donors (Lipinski definition) is 0. The number of aryl methyl sites for hydroxylation is 1. The van der Waals surface area contributed by atoms with Crippen LogP contribution in [0, 0.1) is 6.92 Å². The van der Waals surface area contributed by atoms with Gasteiger partial charge in [-0.05, 0) is 63.4 Å². The first kappa shape index (κ1) is 16.1. The predicted octanol–water partition coefficient (Wildman–Crippen LogP) is 8.97. The van der Waals surface area contributed by atoms with Crippen LogP contribution in [0.15, 0.2) is 127 Å². The summed E-state index contributed by atoms with van der Waals surface area (Å²) in [6.45, 7) is 2.01. The van der Waals surface area contributed by atoms with E-state index in [9.17, 15) is 0 Å². The fourth-order valence-corrected chi connectivity index (χ4v) is 5.39. The molecule has 0 radical (unpaired) electrons. The highest BCUT2D eigenvalue weighted by Crippen LogP contribution is 2.45. The van der Waals surface area contributed by atoms with Gasteiger partial charge in [-0.15, -0.1) is 0 Å². The highest BCUT2D eigenvalue weighted by Gasteiger charge is 2.20. The number of fused-ring (bicyclic) bond motifs is 3. The minimum atomic E-state index is -0.397. The lowest BCUT2D eigenvalue weighted by Crippen LogP contribution is -2.00. The van der Waals surface area contributed by atoms with E-state index in [2.05, 4.69) is 22.8 Å². The van der Waals surface area contributed by atoms with Gasteiger partial charge >= 0.3 is 0 Å². The molecule has 2 heteroatoms. The molecule has 170 valence electrons. The van der Waals surface area contributed by atoms with E-state index in [-0.39, 0.29) is 29.7 Å². The summed E-state index contributed by atoms with van der Waals surface area (Å²) in [5.41, 5.74) is 5.80. The van der Waals surface area contributed by atoms with E-state index in [1.807, 2.05) is 85.8 Å². The number of benzene rings is 6. The minimum absolute atomic E-state index is 0.208. The maximum atomic E-state index is 8.79. The van der Waals surface area contributed by atoms with Crippen molar-refractivity contribution in [2.24, 2.45) is 0 Å². The zero-order valence-electron chi connectivity index (χ0n) is 24.6. The highest BCUT2D eigenvalue weighted by molar-refractivity contribution is 6.22. The van der Waals surface area contributed by atoms with Gasteiger partial charge in [0.1, 0.15) is 5.82 Å². The molecule has 0 N–H and O–H groups in total. The molecule has 0 saturated heterocycles. The van der Waals surface area contributed by atoms with E-state index in [0.717, 1.165) is 55.2 Å². The predicted molar refractivity (Wildman–Crippen MR) is 152 cm³/mol. The fraction of sp³-hybridized carbons (Fsp3) is 0.0294. The maximum Gasteiger partial charge on any atom is 0.111 e. The first-order valence-corrected chi connectivity index (χ1v) is 11.9. The third kappa shape index (κ3) is 3.08. The number of imidazole rings is 1. The molecule has 0 saturated carbocycles. The number of rotatable bonds is 3. The maximum absolute atomic E-state index is 8.79. The molecule has 1 heterocycles. The van der Waals surface area contributed by atoms with Gasteiger partial charge in [0, 0.05) is 5.56 Å². The Bertz CT molecular complexity index is 2100. The van der Waals surface area contributed by atoms with Gasteiger partial charge in [0.05, 0.1) is 23.6 Å². The number of para-hydroxylation sites is 3. The summed E-state index contributed by atoms with van der Waals surface area (Å²) in [4.78, 5) is 4.82. The average Bonchev–Trinajstić information content (AvgIpc) is 3.34. The van der Waals surface area contributed by atoms with Gasteiger partial charge in [-0.2, -0.15) is 0 Å². The molecule has 0 fully saturated rings. The second-order valence-electron chi connectivity index (χ2n) is 8.84. The third-order valence-corrected chi connectivity index (χ3v) is 6.82. The largest absolute Gasteiger partial charge is 0.296 e. The first-order valence-electron chi connectivity index (χ1n) is 14.4. The van der Waals surface area contributed by atoms with Crippen LogP contribution >= 0.6 is 0 Å². The van der Waals surface area contributed by atoms with Gasteiger partial charge < -0.3 is 0 Å². The van der Waals surface area contributed by atoms with Crippen molar-refractivity contribution in [1.82, 2.24) is 9.55 Å². The summed E-state index contributed by atoms with van der Waals surface area (Å²) in [5.74, 6) is 0.878. The first-order chi connectivity index (χ1) is 19.9. The molecule has 0 atom stereocenters. The van der Waals surface area contributed by atoms with Gasteiger partial charge in [-0.25, -0.2) is 4.98 Å². The molecule has 0 bridgehead atoms. The number of aromatic nitrogens is 2. The Morgan fingerprint density at radius 3 is 1.86 bits per heavy atom. The van der Waals surface area contributed by atoms with Gasteiger partial charge in [0.25, 0.3) is 0 Å². The van der Waals surface area contributed by atoms with Crippen LogP contribution in [0.5, 0.6) is 0 Å². The molecule has 0 unspecified atom stereocenters. The molecule has 1 aromatic heterocycles. The van der Waals surface area contributed by atoms with E-state index < -0.39 is 6.04 Å². The Morgan fingerprint density at radius 1 is 0.611 bits per heavy atom. The van der Waals surface area contributed by atoms with Crippen LogP contribution in [0.1, 0.15) is 12.7 Å². The molecule has 6 aromatic carbocycles. The van der Waals surface area contributed by atoms with Gasteiger partial charge in [-0.1, -0.05) is 109 Å². The molecule has 7 rings (SSSR count). The molecule has 0 aliphatic carbocycles. The van der Waals surface area contributed by atoms with Gasteiger partial charge in [-0.3, -0.25) is 4.57 Å². The molecular weight excluding hydrogens is 436 g/mol. The van der Waals surface area contributed by atoms with Crippen molar-refractivity contribution in [3.05, 3.63) is 133 Å². The van der Waals surface area contributed by atoms with E-state index in [1.54, 1.807) is 0 Å². The van der Waals surface area contributed by atoms with Crippen LogP contribution in [0.2, 0.25) is 0 Å². The Labute approximate surface area is 217 Å². The van der Waals surface area contributed by atoms with Crippen molar-refractivity contribution in [3.63, 3.8) is 0 Å². The Balaban J connectivity index is 1.65. The van der Waals surface area contributed by atoms with Gasteiger partial charge in [0.15, 0.2) is 0 Å². The summed E-state index contributed by atoms with van der Waals surface area (Å²) in [6.07, 6.45) is 0. The summed E-state index contributed by atoms with van der Waals surface area (Å²) in [7, 11) is 0. The Hall–Kier alpha value is -4.69. The van der Waals surface area contributed by atoms with Crippen molar-refractivity contribution >= 4 is 32.6 Å². The molecule has 7 aromatic rings. The van der Waals surface area contributed by atoms with Gasteiger partial charge in [0.2, 0.25) is 0 Å². The fourth-order valence-electron chi connectivity index (χ4n) is 5.39. The van der Waals surface area contributed by atoms with Crippen LogP contribution in [0.4, 0.5) is 0 Å².